The molecule has 0 aromatic heterocycles. The van der Waals surface area contributed by atoms with Crippen LogP contribution in [0.25, 0.3) is 0 Å². The van der Waals surface area contributed by atoms with E-state index in [0.717, 1.165) is 5.01 Å². The molecule has 0 spiro atoms. The third-order valence-electron chi connectivity index (χ3n) is 1.55. The highest BCUT2D eigenvalue weighted by atomic mass is 35.5. The number of nitrogens with zero attached hydrogens (tertiary/aromatic N) is 1. The highest BCUT2D eigenvalue weighted by Gasteiger charge is 2.08. The summed E-state index contributed by atoms with van der Waals surface area (Å²) < 4.78 is 13.4. The Kier molecular flexibility index (Phi) is 3.33. The smallest absolute Gasteiger partial charge is 0.166 e. The molecule has 76 valence electrons. The second-order valence-electron chi connectivity index (χ2n) is 2.85. The van der Waals surface area contributed by atoms with Gasteiger partial charge in [-0.2, -0.15) is 0 Å². The van der Waals surface area contributed by atoms with Crippen molar-refractivity contribution >= 4 is 17.3 Å². The molecule has 0 fully saturated rings. The molecule has 0 aliphatic carbocycles. The zero-order valence-corrected chi connectivity index (χ0v) is 8.42. The number of nitrogens with two attached hydrogens (primary N) is 2. The zero-order valence-electron chi connectivity index (χ0n) is 7.67. The van der Waals surface area contributed by atoms with Gasteiger partial charge in [0.2, 0.25) is 0 Å². The first-order valence-electron chi connectivity index (χ1n) is 3.94. The molecule has 0 unspecified atom stereocenters. The summed E-state index contributed by atoms with van der Waals surface area (Å²) in [5.41, 5.74) is 6.06. The van der Waals surface area contributed by atoms with Crippen LogP contribution in [0.2, 0.25) is 5.02 Å². The first-order valence-corrected chi connectivity index (χ1v) is 4.32. The Balaban J connectivity index is 3.07. The van der Waals surface area contributed by atoms with Crippen molar-refractivity contribution in [2.24, 2.45) is 11.6 Å². The van der Waals surface area contributed by atoms with E-state index in [0.29, 0.717) is 5.70 Å². The maximum Gasteiger partial charge on any atom is 0.166 e. The summed E-state index contributed by atoms with van der Waals surface area (Å²) in [7, 11) is 0. The third-order valence-corrected chi connectivity index (χ3v) is 1.84. The van der Waals surface area contributed by atoms with Gasteiger partial charge in [0, 0.05) is 11.9 Å². The highest BCUT2D eigenvalue weighted by Crippen LogP contribution is 2.24. The number of hydrogen-bond donors (Lipinski definition) is 2. The molecule has 1 rings (SSSR count). The first kappa shape index (κ1) is 10.8. The lowest BCUT2D eigenvalue weighted by Crippen LogP contribution is -2.26. The Hall–Kier alpha value is -1.26. The Morgan fingerprint density at radius 3 is 2.79 bits per heavy atom. The molecular weight excluding hydrogens is 205 g/mol. The summed E-state index contributed by atoms with van der Waals surface area (Å²) >= 11 is 5.59. The molecule has 0 amide bonds. The molecule has 1 aromatic carbocycles. The van der Waals surface area contributed by atoms with E-state index in [-0.39, 0.29) is 10.7 Å². The monoisotopic (exact) mass is 215 g/mol. The van der Waals surface area contributed by atoms with Gasteiger partial charge in [-0.3, -0.25) is 5.01 Å². The fraction of sp³-hybridized carbons (Fsp3) is 0.111. The molecule has 0 radical (unpaired) electrons. The van der Waals surface area contributed by atoms with Gasteiger partial charge in [-0.25, -0.2) is 10.2 Å². The molecule has 14 heavy (non-hydrogen) atoms. The molecule has 4 N–H and O–H groups in total. The molecule has 5 heteroatoms. The van der Waals surface area contributed by atoms with Crippen LogP contribution in [-0.2, 0) is 0 Å². The molecule has 0 saturated heterocycles. The number of halogens is 2. The van der Waals surface area contributed by atoms with E-state index in [1.807, 2.05) is 0 Å². The predicted octanol–water partition coefficient (Wildman–Crippen LogP) is 1.98. The van der Waals surface area contributed by atoms with Crippen molar-refractivity contribution in [3.8, 4) is 0 Å². The van der Waals surface area contributed by atoms with E-state index in [1.54, 1.807) is 13.0 Å². The number of allylic oxidation sites excluding steroid dienone is 1. The van der Waals surface area contributed by atoms with E-state index < -0.39 is 5.82 Å². The molecule has 0 saturated carbocycles. The van der Waals surface area contributed by atoms with Gasteiger partial charge in [0.1, 0.15) is 0 Å². The number of anilines is 1. The van der Waals surface area contributed by atoms with Gasteiger partial charge in [0.05, 0.1) is 10.7 Å². The minimum Gasteiger partial charge on any atom is -0.401 e. The summed E-state index contributed by atoms with van der Waals surface area (Å²) in [5, 5.41) is 1.12. The molecule has 0 aliphatic rings. The molecular formula is C9H11ClFN3. The van der Waals surface area contributed by atoms with Crippen LogP contribution < -0.4 is 16.6 Å². The van der Waals surface area contributed by atoms with Crippen molar-refractivity contribution in [3.63, 3.8) is 0 Å². The van der Waals surface area contributed by atoms with Crippen molar-refractivity contribution in [3.05, 3.63) is 40.9 Å². The topological polar surface area (TPSA) is 55.3 Å². The average molecular weight is 216 g/mol. The van der Waals surface area contributed by atoms with Crippen molar-refractivity contribution in [1.29, 1.82) is 0 Å². The van der Waals surface area contributed by atoms with E-state index in [2.05, 4.69) is 0 Å². The largest absolute Gasteiger partial charge is 0.401 e. The minimum absolute atomic E-state index is 0.0287. The van der Waals surface area contributed by atoms with Gasteiger partial charge in [0.25, 0.3) is 0 Å². The highest BCUT2D eigenvalue weighted by molar-refractivity contribution is 6.31. The van der Waals surface area contributed by atoms with Crippen LogP contribution in [0.4, 0.5) is 10.1 Å². The summed E-state index contributed by atoms with van der Waals surface area (Å²) in [6, 6.07) is 4.58. The summed E-state index contributed by atoms with van der Waals surface area (Å²) in [6.07, 6.45) is 1.41. The maximum absolute atomic E-state index is 13.4. The van der Waals surface area contributed by atoms with Crippen molar-refractivity contribution in [2.45, 2.75) is 6.92 Å². The number of benzene rings is 1. The summed E-state index contributed by atoms with van der Waals surface area (Å²) in [4.78, 5) is 0. The Bertz CT molecular complexity index is 361. The van der Waals surface area contributed by atoms with E-state index in [1.165, 1.54) is 18.3 Å². The van der Waals surface area contributed by atoms with Gasteiger partial charge in [-0.05, 0) is 19.1 Å². The Morgan fingerprint density at radius 1 is 1.57 bits per heavy atom. The van der Waals surface area contributed by atoms with Crippen LogP contribution in [0.5, 0.6) is 0 Å². The van der Waals surface area contributed by atoms with E-state index in [9.17, 15) is 4.39 Å². The molecule has 0 aliphatic heterocycles. The van der Waals surface area contributed by atoms with Crippen LogP contribution in [0, 0.1) is 5.82 Å². The fourth-order valence-corrected chi connectivity index (χ4v) is 1.15. The van der Waals surface area contributed by atoms with Crippen molar-refractivity contribution in [2.75, 3.05) is 5.01 Å². The molecule has 0 bridgehead atoms. The maximum atomic E-state index is 13.4. The molecule has 0 atom stereocenters. The predicted molar refractivity (Wildman–Crippen MR) is 56.0 cm³/mol. The van der Waals surface area contributed by atoms with Crippen molar-refractivity contribution < 1.29 is 4.39 Å². The molecule has 3 nitrogen and oxygen atoms in total. The quantitative estimate of drug-likeness (QED) is 0.586. The fourth-order valence-electron chi connectivity index (χ4n) is 0.981. The van der Waals surface area contributed by atoms with Gasteiger partial charge in [-0.15, -0.1) is 0 Å². The SMILES string of the molecule is C/C(N)=C/N(N)c1cccc(Cl)c1F. The average Bonchev–Trinajstić information content (AvgIpc) is 2.08. The zero-order chi connectivity index (χ0) is 10.7. The lowest BCUT2D eigenvalue weighted by molar-refractivity contribution is 0.626. The Labute approximate surface area is 86.7 Å². The van der Waals surface area contributed by atoms with Gasteiger partial charge >= 0.3 is 0 Å². The number of hydrazine groups is 1. The third kappa shape index (κ3) is 2.37. The van der Waals surface area contributed by atoms with Crippen LogP contribution in [-0.4, -0.2) is 0 Å². The molecule has 1 aromatic rings. The van der Waals surface area contributed by atoms with Crippen LogP contribution in [0.15, 0.2) is 30.1 Å². The van der Waals surface area contributed by atoms with Gasteiger partial charge in [-0.1, -0.05) is 17.7 Å². The lowest BCUT2D eigenvalue weighted by atomic mass is 10.3. The molecule has 0 heterocycles. The summed E-state index contributed by atoms with van der Waals surface area (Å²) in [5.74, 6) is 4.98. The number of rotatable bonds is 2. The van der Waals surface area contributed by atoms with E-state index in [4.69, 9.17) is 23.2 Å². The number of hydrogen-bond acceptors (Lipinski definition) is 3. The van der Waals surface area contributed by atoms with Gasteiger partial charge < -0.3 is 5.73 Å². The Morgan fingerprint density at radius 2 is 2.21 bits per heavy atom. The second-order valence-corrected chi connectivity index (χ2v) is 3.26. The van der Waals surface area contributed by atoms with Gasteiger partial charge in [0.15, 0.2) is 5.82 Å². The van der Waals surface area contributed by atoms with Crippen LogP contribution >= 0.6 is 11.6 Å². The minimum atomic E-state index is -0.561. The first-order chi connectivity index (χ1) is 6.52. The van der Waals surface area contributed by atoms with E-state index >= 15 is 0 Å². The summed E-state index contributed by atoms with van der Waals surface area (Å²) in [6.45, 7) is 1.66. The van der Waals surface area contributed by atoms with Crippen molar-refractivity contribution in [1.82, 2.24) is 0 Å². The standard InChI is InChI=1S/C9H11ClFN3/c1-6(12)5-14(13)8-4-2-3-7(10)9(8)11/h2-5H,12-13H2,1H3/b6-5-. The second kappa shape index (κ2) is 4.30. The van der Waals surface area contributed by atoms with Crippen LogP contribution in [0.3, 0.4) is 0 Å². The lowest BCUT2D eigenvalue weighted by Gasteiger charge is -2.15. The normalized spacial score (nSPS) is 11.6. The van der Waals surface area contributed by atoms with Crippen LogP contribution in [0.1, 0.15) is 6.92 Å².